The Labute approximate surface area is 161 Å². The minimum atomic E-state index is 0.286. The number of aromatic nitrogens is 2. The number of rotatable bonds is 5. The van der Waals surface area contributed by atoms with Crippen LogP contribution in [0, 0.1) is 18.8 Å². The van der Waals surface area contributed by atoms with Crippen LogP contribution in [0.15, 0.2) is 24.3 Å². The molecule has 2 heterocycles. The molecular weight excluding hydrogens is 336 g/mol. The highest BCUT2D eigenvalue weighted by Gasteiger charge is 2.35. The number of para-hydroxylation sites is 2. The van der Waals surface area contributed by atoms with Gasteiger partial charge in [0.1, 0.15) is 0 Å². The van der Waals surface area contributed by atoms with E-state index in [4.69, 9.17) is 9.97 Å². The van der Waals surface area contributed by atoms with E-state index in [-0.39, 0.29) is 6.04 Å². The predicted molar refractivity (Wildman–Crippen MR) is 107 cm³/mol. The van der Waals surface area contributed by atoms with Crippen LogP contribution in [0.25, 0.3) is 11.0 Å². The number of benzene rings is 1. The highest BCUT2D eigenvalue weighted by molar-refractivity contribution is 5.77. The summed E-state index contributed by atoms with van der Waals surface area (Å²) in [7, 11) is 0. The average Bonchev–Trinajstić information content (AvgIpc) is 3.47. The molecule has 1 atom stereocenters. The van der Waals surface area contributed by atoms with Crippen LogP contribution in [0.1, 0.15) is 44.5 Å². The van der Waals surface area contributed by atoms with E-state index in [0.717, 1.165) is 54.5 Å². The predicted octanol–water partition coefficient (Wildman–Crippen LogP) is 3.41. The van der Waals surface area contributed by atoms with E-state index in [1.54, 1.807) is 0 Å². The van der Waals surface area contributed by atoms with Crippen molar-refractivity contribution in [2.24, 2.45) is 11.8 Å². The van der Waals surface area contributed by atoms with E-state index >= 15 is 0 Å². The molecule has 0 spiro atoms. The molecule has 27 heavy (non-hydrogen) atoms. The van der Waals surface area contributed by atoms with Crippen molar-refractivity contribution in [3.05, 3.63) is 35.7 Å². The molecule has 0 N–H and O–H groups in total. The zero-order valence-corrected chi connectivity index (χ0v) is 16.7. The summed E-state index contributed by atoms with van der Waals surface area (Å²) in [6.45, 7) is 9.95. The third kappa shape index (κ3) is 4.13. The molecule has 5 nitrogen and oxygen atoms in total. The third-order valence-corrected chi connectivity index (χ3v) is 5.95. The number of carbonyl (C=O) groups excluding carboxylic acids is 1. The number of hydrogen-bond acceptors (Lipinski definition) is 4. The summed E-state index contributed by atoms with van der Waals surface area (Å²) in [5, 5.41) is 0. The molecule has 1 saturated heterocycles. The number of aryl methyl sites for hydroxylation is 1. The lowest BCUT2D eigenvalue weighted by atomic mass is 10.0. The smallest absolute Gasteiger partial charge is 0.224 e. The maximum absolute atomic E-state index is 12.8. The number of fused-ring (bicyclic) bond motifs is 1. The molecule has 1 aliphatic carbocycles. The Morgan fingerprint density at radius 3 is 2.52 bits per heavy atom. The van der Waals surface area contributed by atoms with Gasteiger partial charge in [0, 0.05) is 38.6 Å². The zero-order valence-electron chi connectivity index (χ0n) is 16.7. The minimum absolute atomic E-state index is 0.286. The van der Waals surface area contributed by atoms with E-state index in [2.05, 4.69) is 23.6 Å². The topological polar surface area (TPSA) is 49.3 Å². The fourth-order valence-corrected chi connectivity index (χ4v) is 4.05. The van der Waals surface area contributed by atoms with Gasteiger partial charge in [-0.25, -0.2) is 9.97 Å². The van der Waals surface area contributed by atoms with Crippen molar-refractivity contribution in [1.82, 2.24) is 19.8 Å². The highest BCUT2D eigenvalue weighted by Crippen LogP contribution is 2.32. The maximum atomic E-state index is 12.8. The molecule has 1 aromatic heterocycles. The van der Waals surface area contributed by atoms with Crippen molar-refractivity contribution in [2.45, 2.75) is 52.6 Å². The normalized spacial score (nSPS) is 21.9. The molecule has 144 valence electrons. The van der Waals surface area contributed by atoms with Crippen molar-refractivity contribution < 1.29 is 4.79 Å². The first-order valence-electron chi connectivity index (χ1n) is 10.3. The van der Waals surface area contributed by atoms with Gasteiger partial charge in [-0.2, -0.15) is 0 Å². The van der Waals surface area contributed by atoms with Crippen molar-refractivity contribution in [3.8, 4) is 0 Å². The second kappa shape index (κ2) is 7.55. The largest absolute Gasteiger partial charge is 0.338 e. The van der Waals surface area contributed by atoms with Crippen LogP contribution in [0.5, 0.6) is 0 Å². The Bertz CT molecular complexity index is 830. The lowest BCUT2D eigenvalue weighted by Gasteiger charge is -2.35. The van der Waals surface area contributed by atoms with Gasteiger partial charge in [0.25, 0.3) is 0 Å². The highest BCUT2D eigenvalue weighted by atomic mass is 16.2. The number of nitrogens with zero attached hydrogens (tertiary/aromatic N) is 4. The maximum Gasteiger partial charge on any atom is 0.224 e. The Morgan fingerprint density at radius 2 is 1.85 bits per heavy atom. The zero-order chi connectivity index (χ0) is 19.0. The lowest BCUT2D eigenvalue weighted by molar-refractivity contribution is -0.133. The molecule has 1 aromatic carbocycles. The molecule has 0 unspecified atom stereocenters. The van der Waals surface area contributed by atoms with E-state index < -0.39 is 0 Å². The quantitative estimate of drug-likeness (QED) is 0.814. The van der Waals surface area contributed by atoms with Gasteiger partial charge in [0.05, 0.1) is 22.4 Å². The minimum Gasteiger partial charge on any atom is -0.338 e. The molecule has 0 radical (unpaired) electrons. The molecule has 1 aliphatic heterocycles. The van der Waals surface area contributed by atoms with Crippen LogP contribution in [-0.4, -0.2) is 51.4 Å². The lowest BCUT2D eigenvalue weighted by Crippen LogP contribution is -2.47. The molecule has 1 amide bonds. The number of carbonyl (C=O) groups is 1. The molecular formula is C22H30N4O. The first-order chi connectivity index (χ1) is 13.0. The van der Waals surface area contributed by atoms with Gasteiger partial charge in [-0.3, -0.25) is 9.69 Å². The van der Waals surface area contributed by atoms with Gasteiger partial charge in [-0.15, -0.1) is 0 Å². The summed E-state index contributed by atoms with van der Waals surface area (Å²) >= 11 is 0. The van der Waals surface area contributed by atoms with Gasteiger partial charge in [0.15, 0.2) is 0 Å². The molecule has 2 aliphatic rings. The Hall–Kier alpha value is -2.01. The summed E-state index contributed by atoms with van der Waals surface area (Å²) in [5.41, 5.74) is 3.90. The molecule has 1 saturated carbocycles. The third-order valence-electron chi connectivity index (χ3n) is 5.95. The summed E-state index contributed by atoms with van der Waals surface area (Å²) < 4.78 is 0. The Morgan fingerprint density at radius 1 is 1.15 bits per heavy atom. The summed E-state index contributed by atoms with van der Waals surface area (Å²) in [5.74, 6) is 1.51. The monoisotopic (exact) mass is 366 g/mol. The van der Waals surface area contributed by atoms with Crippen LogP contribution in [-0.2, 0) is 11.3 Å². The molecule has 5 heteroatoms. The SMILES string of the molecule is Cc1nc2ccccc2nc1CN1CCC(=O)N(CC2CC2)[C@@H](C(C)C)C1. The molecule has 0 bridgehead atoms. The van der Waals surface area contributed by atoms with E-state index in [0.29, 0.717) is 18.2 Å². The fraction of sp³-hybridized carbons (Fsp3) is 0.591. The average molecular weight is 367 g/mol. The molecule has 4 rings (SSSR count). The van der Waals surface area contributed by atoms with E-state index in [9.17, 15) is 4.79 Å². The van der Waals surface area contributed by atoms with Crippen LogP contribution < -0.4 is 0 Å². The first kappa shape index (κ1) is 18.4. The Balaban J connectivity index is 1.55. The first-order valence-corrected chi connectivity index (χ1v) is 10.3. The van der Waals surface area contributed by atoms with Gasteiger partial charge in [0.2, 0.25) is 5.91 Å². The molecule has 2 aromatic rings. The van der Waals surface area contributed by atoms with Crippen LogP contribution in [0.3, 0.4) is 0 Å². The van der Waals surface area contributed by atoms with Crippen LogP contribution >= 0.6 is 0 Å². The van der Waals surface area contributed by atoms with Crippen molar-refractivity contribution in [1.29, 1.82) is 0 Å². The summed E-state index contributed by atoms with van der Waals surface area (Å²) in [4.78, 5) is 27.0. The van der Waals surface area contributed by atoms with E-state index in [1.807, 2.05) is 31.2 Å². The van der Waals surface area contributed by atoms with Gasteiger partial charge >= 0.3 is 0 Å². The number of amides is 1. The fourth-order valence-electron chi connectivity index (χ4n) is 4.05. The molecule has 2 fully saturated rings. The standard InChI is InChI=1S/C22H30N4O/c1-15(2)21-14-25(11-10-22(27)26(21)12-17-8-9-17)13-20-16(3)23-18-6-4-5-7-19(18)24-20/h4-7,15,17,21H,8-14H2,1-3H3/t21-/m1/s1. The summed E-state index contributed by atoms with van der Waals surface area (Å²) in [6.07, 6.45) is 3.17. The van der Waals surface area contributed by atoms with E-state index in [1.165, 1.54) is 12.8 Å². The van der Waals surface area contributed by atoms with Crippen molar-refractivity contribution in [3.63, 3.8) is 0 Å². The van der Waals surface area contributed by atoms with Crippen LogP contribution in [0.4, 0.5) is 0 Å². The second-order valence-corrected chi connectivity index (χ2v) is 8.53. The second-order valence-electron chi connectivity index (χ2n) is 8.53. The van der Waals surface area contributed by atoms with Crippen molar-refractivity contribution in [2.75, 3.05) is 19.6 Å². The van der Waals surface area contributed by atoms with Gasteiger partial charge in [-0.05, 0) is 43.7 Å². The van der Waals surface area contributed by atoms with Crippen LogP contribution in [0.2, 0.25) is 0 Å². The summed E-state index contributed by atoms with van der Waals surface area (Å²) in [6, 6.07) is 8.32. The van der Waals surface area contributed by atoms with Gasteiger partial charge < -0.3 is 4.90 Å². The van der Waals surface area contributed by atoms with Crippen molar-refractivity contribution >= 4 is 16.9 Å². The Kier molecular flexibility index (Phi) is 5.13. The number of hydrogen-bond donors (Lipinski definition) is 0. The van der Waals surface area contributed by atoms with Gasteiger partial charge in [-0.1, -0.05) is 26.0 Å².